The number of esters is 1. The number of hydrogen-bond donors (Lipinski definition) is 0. The van der Waals surface area contributed by atoms with Gasteiger partial charge in [0, 0.05) is 10.9 Å². The molecule has 1 aliphatic rings. The number of ketones is 1. The zero-order valence-electron chi connectivity index (χ0n) is 13.7. The van der Waals surface area contributed by atoms with Crippen molar-refractivity contribution in [1.82, 2.24) is 0 Å². The molecule has 1 unspecified atom stereocenters. The summed E-state index contributed by atoms with van der Waals surface area (Å²) in [5.74, 6) is -0.984. The predicted molar refractivity (Wildman–Crippen MR) is 99.5 cm³/mol. The van der Waals surface area contributed by atoms with E-state index in [0.717, 1.165) is 15.7 Å². The van der Waals surface area contributed by atoms with Crippen molar-refractivity contribution in [3.05, 3.63) is 64.6 Å². The zero-order valence-corrected chi connectivity index (χ0v) is 15.3. The fraction of sp³-hybridized carbons (Fsp3) is 0.211. The fourth-order valence-corrected chi connectivity index (χ4v) is 2.98. The van der Waals surface area contributed by atoms with Gasteiger partial charge in [-0.25, -0.2) is 4.79 Å². The van der Waals surface area contributed by atoms with E-state index < -0.39 is 5.97 Å². The van der Waals surface area contributed by atoms with Gasteiger partial charge in [-0.3, -0.25) is 9.80 Å². The van der Waals surface area contributed by atoms with Gasteiger partial charge in [-0.2, -0.15) is 5.10 Å². The van der Waals surface area contributed by atoms with Crippen LogP contribution in [0.5, 0.6) is 0 Å². The number of carbonyl (C=O) groups excluding carboxylic acids is 2. The number of hydrogen-bond acceptors (Lipinski definition) is 5. The van der Waals surface area contributed by atoms with Gasteiger partial charge in [0.05, 0.1) is 18.3 Å². The second kappa shape index (κ2) is 7.61. The van der Waals surface area contributed by atoms with E-state index in [1.165, 1.54) is 0 Å². The summed E-state index contributed by atoms with van der Waals surface area (Å²) in [5, 5.41) is 6.07. The van der Waals surface area contributed by atoms with Gasteiger partial charge in [0.2, 0.25) is 5.71 Å². The number of halogens is 1. The SMILES string of the molecule is CCOC(=O)C1=NN(c2ccc(Br)cc2)C(c2ccccc2)CC1=O. The Kier molecular flexibility index (Phi) is 5.28. The standard InChI is InChI=1S/C19H17BrN2O3/c1-2-25-19(24)18-17(23)12-16(13-6-4-3-5-7-13)22(21-18)15-10-8-14(20)9-11-15/h3-11,16H,2,12H2,1H3. The summed E-state index contributed by atoms with van der Waals surface area (Å²) in [6, 6.07) is 17.0. The quantitative estimate of drug-likeness (QED) is 0.730. The lowest BCUT2D eigenvalue weighted by Gasteiger charge is -2.33. The van der Waals surface area contributed by atoms with E-state index in [9.17, 15) is 9.59 Å². The molecule has 0 bridgehead atoms. The van der Waals surface area contributed by atoms with Crippen LogP contribution in [0.3, 0.4) is 0 Å². The Balaban J connectivity index is 2.05. The van der Waals surface area contributed by atoms with Gasteiger partial charge in [-0.05, 0) is 36.8 Å². The highest BCUT2D eigenvalue weighted by molar-refractivity contribution is 9.10. The molecule has 25 heavy (non-hydrogen) atoms. The Bertz CT molecular complexity index is 803. The summed E-state index contributed by atoms with van der Waals surface area (Å²) < 4.78 is 5.91. The first-order valence-corrected chi connectivity index (χ1v) is 8.78. The van der Waals surface area contributed by atoms with E-state index in [0.29, 0.717) is 0 Å². The molecular weight excluding hydrogens is 384 g/mol. The molecule has 0 aliphatic carbocycles. The molecule has 128 valence electrons. The monoisotopic (exact) mass is 400 g/mol. The maximum atomic E-state index is 12.5. The number of carbonyl (C=O) groups is 2. The van der Waals surface area contributed by atoms with Gasteiger partial charge in [0.1, 0.15) is 0 Å². The number of rotatable bonds is 4. The van der Waals surface area contributed by atoms with Crippen LogP contribution in [0, 0.1) is 0 Å². The van der Waals surface area contributed by atoms with Crippen LogP contribution in [0.25, 0.3) is 0 Å². The molecule has 0 N–H and O–H groups in total. The molecule has 0 radical (unpaired) electrons. The largest absolute Gasteiger partial charge is 0.461 e. The summed E-state index contributed by atoms with van der Waals surface area (Å²) >= 11 is 3.41. The first-order valence-electron chi connectivity index (χ1n) is 7.99. The topological polar surface area (TPSA) is 59.0 Å². The van der Waals surface area contributed by atoms with Crippen molar-refractivity contribution >= 4 is 39.1 Å². The van der Waals surface area contributed by atoms with Crippen LogP contribution in [0.2, 0.25) is 0 Å². The Morgan fingerprint density at radius 1 is 1.20 bits per heavy atom. The van der Waals surface area contributed by atoms with Crippen molar-refractivity contribution in [3.8, 4) is 0 Å². The molecule has 0 saturated carbocycles. The van der Waals surface area contributed by atoms with Crippen molar-refractivity contribution in [3.63, 3.8) is 0 Å². The molecular formula is C19H17BrN2O3. The number of nitrogens with zero attached hydrogens (tertiary/aromatic N) is 2. The molecule has 1 heterocycles. The van der Waals surface area contributed by atoms with Gasteiger partial charge >= 0.3 is 5.97 Å². The average molecular weight is 401 g/mol. The maximum Gasteiger partial charge on any atom is 0.362 e. The minimum absolute atomic E-state index is 0.156. The molecule has 3 rings (SSSR count). The fourth-order valence-electron chi connectivity index (χ4n) is 2.71. The highest BCUT2D eigenvalue weighted by Crippen LogP contribution is 2.34. The third-order valence-electron chi connectivity index (χ3n) is 3.89. The van der Waals surface area contributed by atoms with Crippen molar-refractivity contribution in [2.75, 3.05) is 11.6 Å². The molecule has 2 aromatic rings. The van der Waals surface area contributed by atoms with Crippen molar-refractivity contribution < 1.29 is 14.3 Å². The highest BCUT2D eigenvalue weighted by atomic mass is 79.9. The summed E-state index contributed by atoms with van der Waals surface area (Å²) in [7, 11) is 0. The Morgan fingerprint density at radius 3 is 2.52 bits per heavy atom. The van der Waals surface area contributed by atoms with Crippen molar-refractivity contribution in [1.29, 1.82) is 0 Å². The minimum atomic E-state index is -0.680. The first-order chi connectivity index (χ1) is 12.1. The van der Waals surface area contributed by atoms with Crippen molar-refractivity contribution in [2.24, 2.45) is 5.10 Å². The molecule has 6 heteroatoms. The molecule has 0 spiro atoms. The van der Waals surface area contributed by atoms with Gasteiger partial charge in [-0.1, -0.05) is 46.3 Å². The van der Waals surface area contributed by atoms with E-state index >= 15 is 0 Å². The van der Waals surface area contributed by atoms with E-state index in [2.05, 4.69) is 21.0 Å². The number of anilines is 1. The second-order valence-electron chi connectivity index (χ2n) is 5.54. The second-order valence-corrected chi connectivity index (χ2v) is 6.46. The molecule has 1 atom stereocenters. The molecule has 0 fully saturated rings. The molecule has 1 aliphatic heterocycles. The number of ether oxygens (including phenoxy) is 1. The predicted octanol–water partition coefficient (Wildman–Crippen LogP) is 3.89. The van der Waals surface area contributed by atoms with Crippen LogP contribution in [0.4, 0.5) is 5.69 Å². The summed E-state index contributed by atoms with van der Waals surface area (Å²) in [5.41, 5.74) is 1.61. The normalized spacial score (nSPS) is 17.2. The van der Waals surface area contributed by atoms with Crippen LogP contribution in [0.1, 0.15) is 24.9 Å². The maximum absolute atomic E-state index is 12.5. The Morgan fingerprint density at radius 2 is 1.88 bits per heavy atom. The lowest BCUT2D eigenvalue weighted by atomic mass is 9.96. The Hall–Kier alpha value is -2.47. The summed E-state index contributed by atoms with van der Waals surface area (Å²) in [4.78, 5) is 24.5. The molecule has 0 saturated heterocycles. The minimum Gasteiger partial charge on any atom is -0.461 e. The summed E-state index contributed by atoms with van der Waals surface area (Å²) in [6.45, 7) is 1.90. The van der Waals surface area contributed by atoms with Gasteiger partial charge in [-0.15, -0.1) is 0 Å². The third kappa shape index (κ3) is 3.79. The van der Waals surface area contributed by atoms with E-state index in [1.54, 1.807) is 11.9 Å². The molecule has 2 aromatic carbocycles. The van der Waals surface area contributed by atoms with Crippen LogP contribution in [0.15, 0.2) is 64.2 Å². The number of hydrazone groups is 1. The molecule has 5 nitrogen and oxygen atoms in total. The van der Waals surface area contributed by atoms with Gasteiger partial charge in [0.25, 0.3) is 0 Å². The van der Waals surface area contributed by atoms with Crippen LogP contribution in [-0.2, 0) is 14.3 Å². The van der Waals surface area contributed by atoms with Crippen LogP contribution < -0.4 is 5.01 Å². The lowest BCUT2D eigenvalue weighted by molar-refractivity contribution is -0.135. The Labute approximate surface area is 154 Å². The van der Waals surface area contributed by atoms with E-state index in [4.69, 9.17) is 4.74 Å². The summed E-state index contributed by atoms with van der Waals surface area (Å²) in [6.07, 6.45) is 0.164. The van der Waals surface area contributed by atoms with Gasteiger partial charge < -0.3 is 4.74 Å². The smallest absolute Gasteiger partial charge is 0.362 e. The lowest BCUT2D eigenvalue weighted by Crippen LogP contribution is -2.39. The van der Waals surface area contributed by atoms with E-state index in [-0.39, 0.29) is 30.6 Å². The molecule has 0 amide bonds. The zero-order chi connectivity index (χ0) is 17.8. The van der Waals surface area contributed by atoms with Crippen LogP contribution in [-0.4, -0.2) is 24.1 Å². The third-order valence-corrected chi connectivity index (χ3v) is 4.42. The molecule has 0 aromatic heterocycles. The van der Waals surface area contributed by atoms with E-state index in [1.807, 2.05) is 54.6 Å². The number of Topliss-reactive ketones (excluding diaryl/α,β-unsaturated/α-hetero) is 1. The van der Waals surface area contributed by atoms with Gasteiger partial charge in [0.15, 0.2) is 5.78 Å². The average Bonchev–Trinajstić information content (AvgIpc) is 2.63. The number of benzene rings is 2. The van der Waals surface area contributed by atoms with Crippen LogP contribution >= 0.6 is 15.9 Å². The first kappa shape index (κ1) is 17.4. The van der Waals surface area contributed by atoms with Crippen molar-refractivity contribution in [2.45, 2.75) is 19.4 Å². The highest BCUT2D eigenvalue weighted by Gasteiger charge is 2.35.